The number of imidazole rings is 1. The van der Waals surface area contributed by atoms with Crippen molar-refractivity contribution >= 4 is 22.5 Å². The molecule has 1 N–H and O–H groups in total. The molecule has 6 heteroatoms. The molecule has 0 amide bonds. The molecule has 2 aromatic carbocycles. The first-order valence-corrected chi connectivity index (χ1v) is 7.82. The minimum atomic E-state index is 0.192. The third-order valence-corrected chi connectivity index (χ3v) is 3.83. The molecule has 2 aromatic heterocycles. The van der Waals surface area contributed by atoms with Gasteiger partial charge in [0.1, 0.15) is 12.2 Å². The highest BCUT2D eigenvalue weighted by atomic mass is 15.1. The van der Waals surface area contributed by atoms with Gasteiger partial charge >= 0.3 is 0 Å². The third-order valence-electron chi connectivity index (χ3n) is 3.83. The normalized spacial score (nSPS) is 10.5. The molecule has 0 unspecified atom stereocenters. The van der Waals surface area contributed by atoms with E-state index in [1.165, 1.54) is 0 Å². The average molecular weight is 326 g/mol. The van der Waals surface area contributed by atoms with Crippen LogP contribution in [-0.2, 0) is 6.54 Å². The zero-order valence-electron chi connectivity index (χ0n) is 13.3. The van der Waals surface area contributed by atoms with E-state index < -0.39 is 0 Å². The van der Waals surface area contributed by atoms with Gasteiger partial charge in [0.15, 0.2) is 11.6 Å². The highest BCUT2D eigenvalue weighted by molar-refractivity contribution is 5.82. The van der Waals surface area contributed by atoms with Crippen LogP contribution in [0.25, 0.3) is 22.6 Å². The predicted molar refractivity (Wildman–Crippen MR) is 96.1 cm³/mol. The summed E-state index contributed by atoms with van der Waals surface area (Å²) >= 11 is 0. The summed E-state index contributed by atoms with van der Waals surface area (Å²) in [6, 6.07) is 19.7. The topological polar surface area (TPSA) is 79.4 Å². The summed E-state index contributed by atoms with van der Waals surface area (Å²) in [5.41, 5.74) is 3.24. The Hall–Kier alpha value is -3.72. The Morgan fingerprint density at radius 3 is 2.56 bits per heavy atom. The Morgan fingerprint density at radius 1 is 0.960 bits per heavy atom. The molecule has 0 aliphatic carbocycles. The number of benzene rings is 2. The van der Waals surface area contributed by atoms with Crippen LogP contribution >= 0.6 is 0 Å². The first-order valence-electron chi connectivity index (χ1n) is 7.82. The molecule has 0 saturated heterocycles. The van der Waals surface area contributed by atoms with E-state index in [2.05, 4.69) is 26.3 Å². The van der Waals surface area contributed by atoms with Gasteiger partial charge in [-0.25, -0.2) is 15.0 Å². The van der Waals surface area contributed by atoms with Gasteiger partial charge in [0, 0.05) is 18.1 Å². The van der Waals surface area contributed by atoms with E-state index in [0.29, 0.717) is 17.3 Å². The number of nitrogens with one attached hydrogen (secondary N) is 1. The van der Waals surface area contributed by atoms with Crippen molar-refractivity contribution in [2.75, 3.05) is 5.32 Å². The van der Waals surface area contributed by atoms with E-state index in [9.17, 15) is 5.26 Å². The molecule has 120 valence electrons. The molecule has 0 atom stereocenters. The Balaban J connectivity index is 1.87. The van der Waals surface area contributed by atoms with Gasteiger partial charge in [-0.2, -0.15) is 5.26 Å². The highest BCUT2D eigenvalue weighted by Crippen LogP contribution is 2.28. The highest BCUT2D eigenvalue weighted by Gasteiger charge is 2.17. The lowest BCUT2D eigenvalue weighted by molar-refractivity contribution is 0.864. The van der Waals surface area contributed by atoms with Crippen molar-refractivity contribution in [1.82, 2.24) is 19.5 Å². The second-order valence-electron chi connectivity index (χ2n) is 5.41. The van der Waals surface area contributed by atoms with Crippen molar-refractivity contribution in [2.45, 2.75) is 6.54 Å². The zero-order chi connectivity index (χ0) is 17.1. The molecule has 0 fully saturated rings. The fraction of sp³-hybridized carbons (Fsp3) is 0.0526. The Kier molecular flexibility index (Phi) is 3.81. The maximum absolute atomic E-state index is 9.22. The molecule has 2 heterocycles. The molecule has 0 bridgehead atoms. The van der Waals surface area contributed by atoms with Crippen LogP contribution in [0.15, 0.2) is 67.0 Å². The zero-order valence-corrected chi connectivity index (χ0v) is 13.3. The van der Waals surface area contributed by atoms with Crippen molar-refractivity contribution in [3.63, 3.8) is 0 Å². The number of hydrogen-bond acceptors (Lipinski definition) is 5. The lowest BCUT2D eigenvalue weighted by atomic mass is 10.3. The molecule has 6 nitrogen and oxygen atoms in total. The summed E-state index contributed by atoms with van der Waals surface area (Å²) in [5, 5.41) is 12.5. The second kappa shape index (κ2) is 6.42. The molecule has 0 radical (unpaired) electrons. The summed E-state index contributed by atoms with van der Waals surface area (Å²) in [6.07, 6.45) is 3.26. The van der Waals surface area contributed by atoms with E-state index in [0.717, 1.165) is 16.7 Å². The van der Waals surface area contributed by atoms with Gasteiger partial charge in [0.05, 0.1) is 17.1 Å². The summed E-state index contributed by atoms with van der Waals surface area (Å²) < 4.78 is 1.86. The first kappa shape index (κ1) is 14.8. The third kappa shape index (κ3) is 2.79. The monoisotopic (exact) mass is 326 g/mol. The van der Waals surface area contributed by atoms with Gasteiger partial charge in [0.2, 0.25) is 0 Å². The van der Waals surface area contributed by atoms with Crippen LogP contribution in [0.4, 0.5) is 11.5 Å². The fourth-order valence-corrected chi connectivity index (χ4v) is 2.74. The maximum Gasteiger partial charge on any atom is 0.164 e. The molecule has 0 spiro atoms. The van der Waals surface area contributed by atoms with Gasteiger partial charge in [-0.3, -0.25) is 0 Å². The number of nitrogens with zero attached hydrogens (tertiary/aromatic N) is 5. The quantitative estimate of drug-likeness (QED) is 0.617. The van der Waals surface area contributed by atoms with E-state index in [1.54, 1.807) is 12.4 Å². The summed E-state index contributed by atoms with van der Waals surface area (Å²) in [6.45, 7) is 0.192. The van der Waals surface area contributed by atoms with Crippen LogP contribution in [0, 0.1) is 11.3 Å². The molecule has 4 rings (SSSR count). The molecular formula is C19H14N6. The summed E-state index contributed by atoms with van der Waals surface area (Å²) in [4.78, 5) is 13.6. The smallest absolute Gasteiger partial charge is 0.164 e. The molecule has 25 heavy (non-hydrogen) atoms. The van der Waals surface area contributed by atoms with Gasteiger partial charge in [-0.15, -0.1) is 0 Å². The number of anilines is 2. The van der Waals surface area contributed by atoms with Crippen LogP contribution in [0.2, 0.25) is 0 Å². The van der Waals surface area contributed by atoms with Gasteiger partial charge in [-0.05, 0) is 24.3 Å². The van der Waals surface area contributed by atoms with Crippen molar-refractivity contribution in [1.29, 1.82) is 5.26 Å². The number of rotatable bonds is 4. The molecule has 0 aliphatic heterocycles. The Bertz CT molecular complexity index is 1060. The lowest BCUT2D eigenvalue weighted by Crippen LogP contribution is -2.04. The average Bonchev–Trinajstić information content (AvgIpc) is 3.02. The summed E-state index contributed by atoms with van der Waals surface area (Å²) in [7, 11) is 0. The van der Waals surface area contributed by atoms with Crippen LogP contribution in [-0.4, -0.2) is 19.5 Å². The van der Waals surface area contributed by atoms with E-state index in [1.807, 2.05) is 59.2 Å². The number of hydrogen-bond donors (Lipinski definition) is 1. The van der Waals surface area contributed by atoms with E-state index in [-0.39, 0.29) is 6.54 Å². The second-order valence-corrected chi connectivity index (χ2v) is 5.41. The van der Waals surface area contributed by atoms with E-state index >= 15 is 0 Å². The SMILES string of the molecule is N#CCn1c(-c2nccnc2Nc2ccccc2)nc2ccccc21. The van der Waals surface area contributed by atoms with Crippen LogP contribution in [0.3, 0.4) is 0 Å². The maximum atomic E-state index is 9.22. The lowest BCUT2D eigenvalue weighted by Gasteiger charge is -2.10. The predicted octanol–water partition coefficient (Wildman–Crippen LogP) is 3.76. The molecule has 0 saturated carbocycles. The van der Waals surface area contributed by atoms with Crippen LogP contribution in [0.5, 0.6) is 0 Å². The Labute approximate surface area is 144 Å². The van der Waals surface area contributed by atoms with Crippen molar-refractivity contribution < 1.29 is 0 Å². The largest absolute Gasteiger partial charge is 0.338 e. The van der Waals surface area contributed by atoms with Crippen LogP contribution in [0.1, 0.15) is 0 Å². The van der Waals surface area contributed by atoms with Crippen LogP contribution < -0.4 is 5.32 Å². The minimum Gasteiger partial charge on any atom is -0.338 e. The van der Waals surface area contributed by atoms with Crippen molar-refractivity contribution in [2.24, 2.45) is 0 Å². The van der Waals surface area contributed by atoms with Crippen molar-refractivity contribution in [3.05, 3.63) is 67.0 Å². The molecular weight excluding hydrogens is 312 g/mol. The molecule has 4 aromatic rings. The van der Waals surface area contributed by atoms with Gasteiger partial charge in [-0.1, -0.05) is 30.3 Å². The number of nitriles is 1. The Morgan fingerprint density at radius 2 is 1.72 bits per heavy atom. The summed E-state index contributed by atoms with van der Waals surface area (Å²) in [5.74, 6) is 1.22. The number of aromatic nitrogens is 4. The molecule has 0 aliphatic rings. The fourth-order valence-electron chi connectivity index (χ4n) is 2.74. The first-order chi connectivity index (χ1) is 12.4. The number of para-hydroxylation sites is 3. The number of fused-ring (bicyclic) bond motifs is 1. The van der Waals surface area contributed by atoms with E-state index in [4.69, 9.17) is 0 Å². The van der Waals surface area contributed by atoms with Crippen molar-refractivity contribution in [3.8, 4) is 17.6 Å². The standard InChI is InChI=1S/C19H14N6/c20-10-13-25-16-9-5-4-8-15(16)24-19(25)17-18(22-12-11-21-17)23-14-6-2-1-3-7-14/h1-9,11-12H,13H2,(H,22,23). The van der Waals surface area contributed by atoms with Gasteiger partial charge < -0.3 is 9.88 Å². The minimum absolute atomic E-state index is 0.192. The van der Waals surface area contributed by atoms with Gasteiger partial charge in [0.25, 0.3) is 0 Å².